The van der Waals surface area contributed by atoms with Crippen LogP contribution in [0.4, 0.5) is 0 Å². The number of hydrogen-bond donors (Lipinski definition) is 1. The lowest BCUT2D eigenvalue weighted by atomic mass is 9.90. The summed E-state index contributed by atoms with van der Waals surface area (Å²) in [6.07, 6.45) is 2.61. The van der Waals surface area contributed by atoms with Gasteiger partial charge < -0.3 is 5.32 Å². The summed E-state index contributed by atoms with van der Waals surface area (Å²) in [5.41, 5.74) is 4.08. The van der Waals surface area contributed by atoms with E-state index in [1.165, 1.54) is 36.1 Å². The van der Waals surface area contributed by atoms with Crippen LogP contribution >= 0.6 is 0 Å². The third-order valence-corrected chi connectivity index (χ3v) is 3.79. The second-order valence-electron chi connectivity index (χ2n) is 5.03. The van der Waals surface area contributed by atoms with Crippen molar-refractivity contribution in [2.75, 3.05) is 13.1 Å². The average Bonchev–Trinajstić information content (AvgIpc) is 2.49. The van der Waals surface area contributed by atoms with Crippen LogP contribution in [0.1, 0.15) is 24.3 Å². The van der Waals surface area contributed by atoms with E-state index in [1.54, 1.807) is 0 Å². The Labute approximate surface area is 109 Å². The molecular formula is C17H19N. The van der Waals surface area contributed by atoms with Crippen molar-refractivity contribution >= 4 is 0 Å². The van der Waals surface area contributed by atoms with Crippen molar-refractivity contribution in [1.29, 1.82) is 0 Å². The number of benzene rings is 2. The molecule has 1 atom stereocenters. The molecule has 92 valence electrons. The molecule has 0 saturated carbocycles. The fourth-order valence-corrected chi connectivity index (χ4v) is 2.71. The molecule has 1 heterocycles. The molecule has 1 unspecified atom stereocenters. The highest BCUT2D eigenvalue weighted by Gasteiger charge is 2.14. The normalized spacial score (nSPS) is 19.7. The quantitative estimate of drug-likeness (QED) is 0.837. The van der Waals surface area contributed by atoms with Crippen LogP contribution in [0.15, 0.2) is 54.6 Å². The maximum Gasteiger partial charge on any atom is 0.00201 e. The Kier molecular flexibility index (Phi) is 3.42. The lowest BCUT2D eigenvalue weighted by Crippen LogP contribution is -2.28. The van der Waals surface area contributed by atoms with Gasteiger partial charge in [0.05, 0.1) is 0 Å². The van der Waals surface area contributed by atoms with E-state index in [9.17, 15) is 0 Å². The SMILES string of the molecule is c1ccc(-c2ccc(C3CCCNC3)cc2)cc1. The summed E-state index contributed by atoms with van der Waals surface area (Å²) in [5.74, 6) is 0.698. The maximum absolute atomic E-state index is 3.48. The van der Waals surface area contributed by atoms with E-state index in [0.29, 0.717) is 5.92 Å². The molecule has 1 aliphatic rings. The van der Waals surface area contributed by atoms with E-state index in [4.69, 9.17) is 0 Å². The van der Waals surface area contributed by atoms with Crippen molar-refractivity contribution in [3.8, 4) is 11.1 Å². The molecule has 0 aliphatic carbocycles. The van der Waals surface area contributed by atoms with Gasteiger partial charge in [-0.05, 0) is 42.0 Å². The standard InChI is InChI=1S/C17H19N/c1-2-5-14(6-3-1)15-8-10-16(11-9-15)17-7-4-12-18-13-17/h1-3,5-6,8-11,17-18H,4,7,12-13H2. The van der Waals surface area contributed by atoms with E-state index >= 15 is 0 Å². The molecular weight excluding hydrogens is 218 g/mol. The van der Waals surface area contributed by atoms with Crippen LogP contribution < -0.4 is 5.32 Å². The van der Waals surface area contributed by atoms with Gasteiger partial charge in [0.15, 0.2) is 0 Å². The first kappa shape index (κ1) is 11.5. The number of hydrogen-bond acceptors (Lipinski definition) is 1. The van der Waals surface area contributed by atoms with Crippen LogP contribution in [0, 0.1) is 0 Å². The Balaban J connectivity index is 1.80. The molecule has 0 spiro atoms. The largest absolute Gasteiger partial charge is 0.316 e. The van der Waals surface area contributed by atoms with Gasteiger partial charge in [-0.25, -0.2) is 0 Å². The zero-order chi connectivity index (χ0) is 12.2. The van der Waals surface area contributed by atoms with Crippen LogP contribution in [0.3, 0.4) is 0 Å². The first-order valence-corrected chi connectivity index (χ1v) is 6.79. The lowest BCUT2D eigenvalue weighted by Gasteiger charge is -2.23. The van der Waals surface area contributed by atoms with Crippen molar-refractivity contribution in [2.45, 2.75) is 18.8 Å². The first-order valence-electron chi connectivity index (χ1n) is 6.79. The molecule has 1 nitrogen and oxygen atoms in total. The Bertz CT molecular complexity index is 481. The topological polar surface area (TPSA) is 12.0 Å². The monoisotopic (exact) mass is 237 g/mol. The Hall–Kier alpha value is -1.60. The molecule has 0 radical (unpaired) electrons. The van der Waals surface area contributed by atoms with Gasteiger partial charge in [-0.1, -0.05) is 54.6 Å². The average molecular weight is 237 g/mol. The number of piperidine rings is 1. The van der Waals surface area contributed by atoms with Gasteiger partial charge in [0, 0.05) is 6.54 Å². The third kappa shape index (κ3) is 2.46. The molecule has 2 aromatic carbocycles. The predicted octanol–water partition coefficient (Wildman–Crippen LogP) is 3.82. The van der Waals surface area contributed by atoms with Crippen LogP contribution in [0.2, 0.25) is 0 Å². The van der Waals surface area contributed by atoms with E-state index in [2.05, 4.69) is 59.9 Å². The molecule has 3 rings (SSSR count). The smallest absolute Gasteiger partial charge is 0.00201 e. The zero-order valence-electron chi connectivity index (χ0n) is 10.6. The van der Waals surface area contributed by atoms with Crippen LogP contribution in [-0.2, 0) is 0 Å². The minimum absolute atomic E-state index is 0.698. The lowest BCUT2D eigenvalue weighted by molar-refractivity contribution is 0.461. The molecule has 0 bridgehead atoms. The maximum atomic E-state index is 3.48. The molecule has 1 fully saturated rings. The van der Waals surface area contributed by atoms with Crippen molar-refractivity contribution in [1.82, 2.24) is 5.32 Å². The van der Waals surface area contributed by atoms with Crippen LogP contribution in [0.5, 0.6) is 0 Å². The zero-order valence-corrected chi connectivity index (χ0v) is 10.6. The van der Waals surface area contributed by atoms with Crippen LogP contribution in [0.25, 0.3) is 11.1 Å². The number of rotatable bonds is 2. The first-order chi connectivity index (χ1) is 8.93. The van der Waals surface area contributed by atoms with E-state index in [1.807, 2.05) is 0 Å². The molecule has 0 aromatic heterocycles. The van der Waals surface area contributed by atoms with Gasteiger partial charge in [-0.3, -0.25) is 0 Å². The summed E-state index contributed by atoms with van der Waals surface area (Å²) >= 11 is 0. The summed E-state index contributed by atoms with van der Waals surface area (Å²) in [5, 5.41) is 3.48. The molecule has 1 saturated heterocycles. The fraction of sp³-hybridized carbons (Fsp3) is 0.294. The van der Waals surface area contributed by atoms with E-state index in [-0.39, 0.29) is 0 Å². The summed E-state index contributed by atoms with van der Waals surface area (Å²) in [4.78, 5) is 0. The van der Waals surface area contributed by atoms with Crippen LogP contribution in [-0.4, -0.2) is 13.1 Å². The molecule has 1 heteroatoms. The summed E-state index contributed by atoms with van der Waals surface area (Å²) in [7, 11) is 0. The highest BCUT2D eigenvalue weighted by atomic mass is 14.9. The van der Waals surface area contributed by atoms with Crippen molar-refractivity contribution in [2.24, 2.45) is 0 Å². The molecule has 0 amide bonds. The fourth-order valence-electron chi connectivity index (χ4n) is 2.71. The van der Waals surface area contributed by atoms with Crippen molar-refractivity contribution in [3.05, 3.63) is 60.2 Å². The Morgan fingerprint density at radius 2 is 1.56 bits per heavy atom. The van der Waals surface area contributed by atoms with Gasteiger partial charge in [0.1, 0.15) is 0 Å². The molecule has 1 aliphatic heterocycles. The van der Waals surface area contributed by atoms with Gasteiger partial charge in [-0.2, -0.15) is 0 Å². The van der Waals surface area contributed by atoms with Gasteiger partial charge in [0.25, 0.3) is 0 Å². The van der Waals surface area contributed by atoms with E-state index in [0.717, 1.165) is 6.54 Å². The van der Waals surface area contributed by atoms with Gasteiger partial charge >= 0.3 is 0 Å². The van der Waals surface area contributed by atoms with E-state index < -0.39 is 0 Å². The third-order valence-electron chi connectivity index (χ3n) is 3.79. The Morgan fingerprint density at radius 3 is 2.22 bits per heavy atom. The molecule has 1 N–H and O–H groups in total. The second kappa shape index (κ2) is 5.36. The highest BCUT2D eigenvalue weighted by Crippen LogP contribution is 2.26. The predicted molar refractivity (Wildman–Crippen MR) is 76.7 cm³/mol. The second-order valence-corrected chi connectivity index (χ2v) is 5.03. The molecule has 18 heavy (non-hydrogen) atoms. The summed E-state index contributed by atoms with van der Waals surface area (Å²) < 4.78 is 0. The van der Waals surface area contributed by atoms with Gasteiger partial charge in [-0.15, -0.1) is 0 Å². The minimum Gasteiger partial charge on any atom is -0.316 e. The summed E-state index contributed by atoms with van der Waals surface area (Å²) in [6, 6.07) is 19.7. The van der Waals surface area contributed by atoms with Gasteiger partial charge in [0.2, 0.25) is 0 Å². The Morgan fingerprint density at radius 1 is 0.833 bits per heavy atom. The molecule has 2 aromatic rings. The highest BCUT2D eigenvalue weighted by molar-refractivity contribution is 5.63. The number of nitrogens with one attached hydrogen (secondary N) is 1. The van der Waals surface area contributed by atoms with Crippen molar-refractivity contribution in [3.63, 3.8) is 0 Å². The summed E-state index contributed by atoms with van der Waals surface area (Å²) in [6.45, 7) is 2.31. The minimum atomic E-state index is 0.698. The van der Waals surface area contributed by atoms with Crippen molar-refractivity contribution < 1.29 is 0 Å².